The van der Waals surface area contributed by atoms with E-state index in [0.717, 1.165) is 31.8 Å². The van der Waals surface area contributed by atoms with Crippen molar-refractivity contribution in [1.82, 2.24) is 15.0 Å². The van der Waals surface area contributed by atoms with Crippen LogP contribution in [0.4, 0.5) is 0 Å². The first-order valence-electron chi connectivity index (χ1n) is 5.69. The zero-order valence-corrected chi connectivity index (χ0v) is 12.6. The Morgan fingerprint density at radius 3 is 2.74 bits per heavy atom. The van der Waals surface area contributed by atoms with Crippen LogP contribution in [0, 0.1) is 0 Å². The molecule has 2 heterocycles. The SMILES string of the molecule is CSc1ncc2cc(-c3ccccc3Br)cnc2n1. The highest BCUT2D eigenvalue weighted by atomic mass is 79.9. The van der Waals surface area contributed by atoms with Crippen molar-refractivity contribution < 1.29 is 0 Å². The zero-order chi connectivity index (χ0) is 13.2. The normalized spacial score (nSPS) is 10.8. The molecule has 94 valence electrons. The lowest BCUT2D eigenvalue weighted by Crippen LogP contribution is -1.91. The number of fused-ring (bicyclic) bond motifs is 1. The van der Waals surface area contributed by atoms with E-state index in [0.29, 0.717) is 0 Å². The molecule has 0 aliphatic rings. The first-order chi connectivity index (χ1) is 9.28. The summed E-state index contributed by atoms with van der Waals surface area (Å²) in [7, 11) is 0. The lowest BCUT2D eigenvalue weighted by atomic mass is 10.1. The fourth-order valence-electron chi connectivity index (χ4n) is 1.85. The fraction of sp³-hybridized carbons (Fsp3) is 0.0714. The molecule has 0 unspecified atom stereocenters. The molecule has 3 nitrogen and oxygen atoms in total. The van der Waals surface area contributed by atoms with Crippen LogP contribution in [0.15, 0.2) is 52.4 Å². The Morgan fingerprint density at radius 2 is 1.95 bits per heavy atom. The van der Waals surface area contributed by atoms with Gasteiger partial charge in [-0.05, 0) is 24.0 Å². The third-order valence-electron chi connectivity index (χ3n) is 2.78. The largest absolute Gasteiger partial charge is 0.236 e. The highest BCUT2D eigenvalue weighted by Gasteiger charge is 2.06. The molecule has 0 spiro atoms. The Bertz CT molecular complexity index is 746. The Labute approximate surface area is 123 Å². The number of aromatic nitrogens is 3. The van der Waals surface area contributed by atoms with Crippen LogP contribution in [0.5, 0.6) is 0 Å². The molecule has 0 aliphatic carbocycles. The van der Waals surface area contributed by atoms with Crippen LogP contribution < -0.4 is 0 Å². The molecule has 0 saturated heterocycles. The molecular formula is C14H10BrN3S. The Morgan fingerprint density at radius 1 is 1.11 bits per heavy atom. The van der Waals surface area contributed by atoms with Crippen LogP contribution in [-0.2, 0) is 0 Å². The number of halogens is 1. The number of nitrogens with zero attached hydrogens (tertiary/aromatic N) is 3. The molecule has 1 aromatic carbocycles. The molecule has 0 radical (unpaired) electrons. The second-order valence-electron chi connectivity index (χ2n) is 3.97. The minimum atomic E-state index is 0.732. The first kappa shape index (κ1) is 12.6. The van der Waals surface area contributed by atoms with Gasteiger partial charge < -0.3 is 0 Å². The van der Waals surface area contributed by atoms with Gasteiger partial charge in [-0.15, -0.1) is 0 Å². The summed E-state index contributed by atoms with van der Waals surface area (Å²) in [6, 6.07) is 10.1. The van der Waals surface area contributed by atoms with E-state index >= 15 is 0 Å². The van der Waals surface area contributed by atoms with Gasteiger partial charge in [-0.25, -0.2) is 15.0 Å². The molecule has 0 N–H and O–H groups in total. The Hall–Kier alpha value is -1.46. The van der Waals surface area contributed by atoms with Crippen molar-refractivity contribution in [3.8, 4) is 11.1 Å². The minimum Gasteiger partial charge on any atom is -0.236 e. The molecule has 5 heteroatoms. The van der Waals surface area contributed by atoms with Gasteiger partial charge in [-0.2, -0.15) is 0 Å². The summed E-state index contributed by atoms with van der Waals surface area (Å²) in [5.41, 5.74) is 2.90. The molecule has 0 saturated carbocycles. The highest BCUT2D eigenvalue weighted by molar-refractivity contribution is 9.10. The third-order valence-corrected chi connectivity index (χ3v) is 4.03. The molecule has 0 bridgehead atoms. The van der Waals surface area contributed by atoms with Gasteiger partial charge in [0, 0.05) is 27.8 Å². The van der Waals surface area contributed by atoms with Gasteiger partial charge in [0.1, 0.15) is 0 Å². The summed E-state index contributed by atoms with van der Waals surface area (Å²) >= 11 is 5.07. The Kier molecular flexibility index (Phi) is 3.48. The van der Waals surface area contributed by atoms with Crippen molar-refractivity contribution in [2.75, 3.05) is 6.26 Å². The number of rotatable bonds is 2. The zero-order valence-electron chi connectivity index (χ0n) is 10.2. The quantitative estimate of drug-likeness (QED) is 0.521. The van der Waals surface area contributed by atoms with Gasteiger partial charge in [0.15, 0.2) is 10.8 Å². The van der Waals surface area contributed by atoms with E-state index in [-0.39, 0.29) is 0 Å². The van der Waals surface area contributed by atoms with Crippen LogP contribution >= 0.6 is 27.7 Å². The highest BCUT2D eigenvalue weighted by Crippen LogP contribution is 2.29. The maximum Gasteiger partial charge on any atom is 0.189 e. The molecule has 0 atom stereocenters. The van der Waals surface area contributed by atoms with E-state index in [2.05, 4.69) is 43.0 Å². The minimum absolute atomic E-state index is 0.732. The fourth-order valence-corrected chi connectivity index (χ4v) is 2.70. The topological polar surface area (TPSA) is 38.7 Å². The van der Waals surface area contributed by atoms with E-state index in [1.165, 1.54) is 11.8 Å². The molecule has 3 aromatic rings. The van der Waals surface area contributed by atoms with E-state index in [9.17, 15) is 0 Å². The number of benzene rings is 1. The smallest absolute Gasteiger partial charge is 0.189 e. The number of hydrogen-bond donors (Lipinski definition) is 0. The maximum absolute atomic E-state index is 4.42. The average molecular weight is 332 g/mol. The van der Waals surface area contributed by atoms with Crippen molar-refractivity contribution in [3.63, 3.8) is 0 Å². The Balaban J connectivity index is 2.15. The molecule has 2 aromatic heterocycles. The van der Waals surface area contributed by atoms with Crippen molar-refractivity contribution in [1.29, 1.82) is 0 Å². The van der Waals surface area contributed by atoms with Crippen molar-refractivity contribution in [2.24, 2.45) is 0 Å². The molecule has 19 heavy (non-hydrogen) atoms. The van der Waals surface area contributed by atoms with E-state index in [1.54, 1.807) is 0 Å². The van der Waals surface area contributed by atoms with Crippen LogP contribution in [0.1, 0.15) is 0 Å². The van der Waals surface area contributed by atoms with Crippen LogP contribution in [0.25, 0.3) is 22.2 Å². The lowest BCUT2D eigenvalue weighted by Gasteiger charge is -2.05. The summed E-state index contributed by atoms with van der Waals surface area (Å²) in [5, 5.41) is 1.69. The second-order valence-corrected chi connectivity index (χ2v) is 5.60. The van der Waals surface area contributed by atoms with E-state index < -0.39 is 0 Å². The monoisotopic (exact) mass is 331 g/mol. The van der Waals surface area contributed by atoms with E-state index in [1.807, 2.05) is 36.8 Å². The number of pyridine rings is 1. The summed E-state index contributed by atoms with van der Waals surface area (Å²) in [6.07, 6.45) is 5.62. The summed E-state index contributed by atoms with van der Waals surface area (Å²) in [4.78, 5) is 13.1. The first-order valence-corrected chi connectivity index (χ1v) is 7.71. The second kappa shape index (κ2) is 5.27. The van der Waals surface area contributed by atoms with Gasteiger partial charge in [0.2, 0.25) is 0 Å². The van der Waals surface area contributed by atoms with Crippen LogP contribution in [0.2, 0.25) is 0 Å². The molecular weight excluding hydrogens is 322 g/mol. The average Bonchev–Trinajstić information content (AvgIpc) is 2.46. The predicted octanol–water partition coefficient (Wildman–Crippen LogP) is 4.18. The molecule has 0 fully saturated rings. The van der Waals surface area contributed by atoms with Crippen molar-refractivity contribution >= 4 is 38.7 Å². The number of thioether (sulfide) groups is 1. The lowest BCUT2D eigenvalue weighted by molar-refractivity contribution is 0.992. The molecule has 3 rings (SSSR count). The van der Waals surface area contributed by atoms with Gasteiger partial charge >= 0.3 is 0 Å². The molecule has 0 aliphatic heterocycles. The van der Waals surface area contributed by atoms with Gasteiger partial charge in [0.05, 0.1) is 0 Å². The summed E-state index contributed by atoms with van der Waals surface area (Å²) < 4.78 is 1.05. The van der Waals surface area contributed by atoms with Gasteiger partial charge in [0.25, 0.3) is 0 Å². The van der Waals surface area contributed by atoms with Crippen LogP contribution in [0.3, 0.4) is 0 Å². The van der Waals surface area contributed by atoms with E-state index in [4.69, 9.17) is 0 Å². The third kappa shape index (κ3) is 2.48. The number of hydrogen-bond acceptors (Lipinski definition) is 4. The standard InChI is InChI=1S/C14H10BrN3S/c1-19-14-17-8-10-6-9(7-16-13(10)18-14)11-4-2-3-5-12(11)15/h2-8H,1H3. The van der Waals surface area contributed by atoms with Crippen molar-refractivity contribution in [2.45, 2.75) is 5.16 Å². The summed E-state index contributed by atoms with van der Waals surface area (Å²) in [5.74, 6) is 0. The summed E-state index contributed by atoms with van der Waals surface area (Å²) in [6.45, 7) is 0. The van der Waals surface area contributed by atoms with Crippen molar-refractivity contribution in [3.05, 3.63) is 47.2 Å². The van der Waals surface area contributed by atoms with Gasteiger partial charge in [-0.1, -0.05) is 45.9 Å². The van der Waals surface area contributed by atoms with Crippen LogP contribution in [-0.4, -0.2) is 21.2 Å². The maximum atomic E-state index is 4.42. The predicted molar refractivity (Wildman–Crippen MR) is 82.3 cm³/mol. The molecule has 0 amide bonds. The van der Waals surface area contributed by atoms with Gasteiger partial charge in [-0.3, -0.25) is 0 Å².